The summed E-state index contributed by atoms with van der Waals surface area (Å²) in [6, 6.07) is 28.1. The monoisotopic (exact) mass is 629 g/mol. The number of carboxylic acid groups (broad SMARTS) is 1. The smallest absolute Gasteiger partial charge is 0.355 e. The third kappa shape index (κ3) is 5.91. The highest BCUT2D eigenvalue weighted by Gasteiger charge is 2.24. The molecule has 1 unspecified atom stereocenters. The minimum atomic E-state index is -1.37. The SMILES string of the molecule is COC(=O)c1c(-c2ccccc2)c2cc(Br)ccc2c(=O)n1Cc1ccc(CS(=O)c2ccc(C(=O)O)cc2)cc1. The molecule has 1 heterocycles. The number of rotatable bonds is 8. The van der Waals surface area contributed by atoms with Crippen molar-refractivity contribution in [2.75, 3.05) is 7.11 Å². The molecule has 206 valence electrons. The quantitative estimate of drug-likeness (QED) is 0.203. The summed E-state index contributed by atoms with van der Waals surface area (Å²) >= 11 is 3.49. The lowest BCUT2D eigenvalue weighted by Gasteiger charge is -2.19. The molecule has 0 amide bonds. The fourth-order valence-corrected chi connectivity index (χ4v) is 6.15. The Kier molecular flexibility index (Phi) is 8.28. The second kappa shape index (κ2) is 12.0. The van der Waals surface area contributed by atoms with Crippen LogP contribution in [0.3, 0.4) is 0 Å². The van der Waals surface area contributed by atoms with Crippen LogP contribution in [-0.2, 0) is 27.8 Å². The van der Waals surface area contributed by atoms with Crippen LogP contribution in [0.4, 0.5) is 0 Å². The number of hydrogen-bond donors (Lipinski definition) is 1. The van der Waals surface area contributed by atoms with Gasteiger partial charge in [-0.2, -0.15) is 0 Å². The first-order valence-corrected chi connectivity index (χ1v) is 14.7. The van der Waals surface area contributed by atoms with E-state index in [0.29, 0.717) is 21.2 Å². The van der Waals surface area contributed by atoms with Crippen molar-refractivity contribution in [1.82, 2.24) is 4.57 Å². The zero-order valence-corrected chi connectivity index (χ0v) is 24.3. The highest BCUT2D eigenvalue weighted by molar-refractivity contribution is 9.10. The first-order valence-electron chi connectivity index (χ1n) is 12.6. The molecule has 0 saturated heterocycles. The molecule has 41 heavy (non-hydrogen) atoms. The maximum atomic E-state index is 13.8. The summed E-state index contributed by atoms with van der Waals surface area (Å²) in [7, 11) is -0.0776. The van der Waals surface area contributed by atoms with Gasteiger partial charge < -0.3 is 9.84 Å². The Balaban J connectivity index is 1.52. The minimum absolute atomic E-state index is 0.120. The van der Waals surface area contributed by atoms with E-state index in [1.165, 1.54) is 23.8 Å². The molecule has 5 rings (SSSR count). The molecule has 7 nitrogen and oxygen atoms in total. The predicted octanol–water partition coefficient (Wildman–Crippen LogP) is 6.27. The van der Waals surface area contributed by atoms with Gasteiger partial charge in [-0.05, 0) is 64.5 Å². The largest absolute Gasteiger partial charge is 0.478 e. The number of halogens is 1. The summed E-state index contributed by atoms with van der Waals surface area (Å²) in [5.74, 6) is -1.42. The van der Waals surface area contributed by atoms with E-state index in [1.807, 2.05) is 60.7 Å². The van der Waals surface area contributed by atoms with Crippen LogP contribution in [0.15, 0.2) is 111 Å². The van der Waals surface area contributed by atoms with Crippen LogP contribution >= 0.6 is 15.9 Å². The standard InChI is InChI=1S/C32H24BrNO6S/c1-40-32(38)29-28(22-5-3-2-4-6-22)27-17-24(33)13-16-26(27)30(35)34(29)18-20-7-9-21(10-8-20)19-41(39)25-14-11-23(12-15-25)31(36)37/h2-17H,18-19H2,1H3,(H,36,37). The molecular formula is C32H24BrNO6S. The molecule has 0 aliphatic heterocycles. The Morgan fingerprint density at radius 2 is 1.54 bits per heavy atom. The third-order valence-electron chi connectivity index (χ3n) is 6.70. The molecule has 0 saturated carbocycles. The van der Waals surface area contributed by atoms with Gasteiger partial charge in [-0.3, -0.25) is 13.6 Å². The van der Waals surface area contributed by atoms with E-state index in [1.54, 1.807) is 24.3 Å². The topological polar surface area (TPSA) is 103 Å². The van der Waals surface area contributed by atoms with Gasteiger partial charge in [0.25, 0.3) is 5.56 Å². The number of pyridine rings is 1. The molecular weight excluding hydrogens is 606 g/mol. The number of carboxylic acids is 1. The van der Waals surface area contributed by atoms with Crippen molar-refractivity contribution < 1.29 is 23.6 Å². The molecule has 1 atom stereocenters. The lowest BCUT2D eigenvalue weighted by Crippen LogP contribution is -2.28. The molecule has 9 heteroatoms. The summed E-state index contributed by atoms with van der Waals surface area (Å²) in [5, 5.41) is 10.2. The number of nitrogens with zero attached hydrogens (tertiary/aromatic N) is 1. The number of esters is 1. The summed E-state index contributed by atoms with van der Waals surface area (Å²) in [6.45, 7) is 0.120. The Morgan fingerprint density at radius 3 is 2.17 bits per heavy atom. The Hall–Kier alpha value is -4.34. The highest BCUT2D eigenvalue weighted by Crippen LogP contribution is 2.33. The molecule has 0 aliphatic carbocycles. The van der Waals surface area contributed by atoms with Crippen LogP contribution < -0.4 is 5.56 Å². The normalized spacial score (nSPS) is 11.8. The first kappa shape index (κ1) is 28.2. The molecule has 0 radical (unpaired) electrons. The van der Waals surface area contributed by atoms with Crippen LogP contribution in [0.1, 0.15) is 32.0 Å². The minimum Gasteiger partial charge on any atom is -0.478 e. The number of methoxy groups -OCH3 is 1. The van der Waals surface area contributed by atoms with Gasteiger partial charge in [0.2, 0.25) is 0 Å². The second-order valence-corrected chi connectivity index (χ2v) is 11.7. The maximum absolute atomic E-state index is 13.8. The zero-order valence-electron chi connectivity index (χ0n) is 21.9. The molecule has 0 bridgehead atoms. The van der Waals surface area contributed by atoms with Gasteiger partial charge in [-0.15, -0.1) is 0 Å². The van der Waals surface area contributed by atoms with Crippen LogP contribution in [0.2, 0.25) is 0 Å². The molecule has 5 aromatic rings. The van der Waals surface area contributed by atoms with Gasteiger partial charge in [0.15, 0.2) is 0 Å². The lowest BCUT2D eigenvalue weighted by atomic mass is 9.96. The van der Waals surface area contributed by atoms with Gasteiger partial charge in [0.1, 0.15) is 5.69 Å². The van der Waals surface area contributed by atoms with Crippen molar-refractivity contribution in [3.05, 3.63) is 134 Å². The van der Waals surface area contributed by atoms with Gasteiger partial charge in [-0.25, -0.2) is 9.59 Å². The van der Waals surface area contributed by atoms with E-state index >= 15 is 0 Å². The predicted molar refractivity (Wildman–Crippen MR) is 162 cm³/mol. The van der Waals surface area contributed by atoms with E-state index in [9.17, 15) is 18.6 Å². The van der Waals surface area contributed by atoms with Crippen molar-refractivity contribution in [1.29, 1.82) is 0 Å². The van der Waals surface area contributed by atoms with E-state index in [0.717, 1.165) is 21.2 Å². The number of aromatic nitrogens is 1. The number of aromatic carboxylic acids is 1. The highest BCUT2D eigenvalue weighted by atomic mass is 79.9. The zero-order chi connectivity index (χ0) is 29.1. The van der Waals surface area contributed by atoms with E-state index < -0.39 is 22.7 Å². The number of benzene rings is 4. The van der Waals surface area contributed by atoms with Gasteiger partial charge in [0, 0.05) is 20.3 Å². The Morgan fingerprint density at radius 1 is 0.878 bits per heavy atom. The summed E-state index contributed by atoms with van der Waals surface area (Å²) in [4.78, 5) is 38.6. The van der Waals surface area contributed by atoms with E-state index in [2.05, 4.69) is 15.9 Å². The number of fused-ring (bicyclic) bond motifs is 1. The average Bonchev–Trinajstić information content (AvgIpc) is 2.99. The molecule has 1 N–H and O–H groups in total. The van der Waals surface area contributed by atoms with E-state index in [4.69, 9.17) is 9.84 Å². The van der Waals surface area contributed by atoms with Gasteiger partial charge in [-0.1, -0.05) is 70.5 Å². The Labute approximate surface area is 246 Å². The van der Waals surface area contributed by atoms with Crippen LogP contribution in [-0.4, -0.2) is 32.9 Å². The van der Waals surface area contributed by atoms with Gasteiger partial charge >= 0.3 is 11.9 Å². The molecule has 0 aliphatic rings. The number of hydrogen-bond acceptors (Lipinski definition) is 5. The molecule has 0 spiro atoms. The number of ether oxygens (including phenoxy) is 1. The lowest BCUT2D eigenvalue weighted by molar-refractivity contribution is 0.0588. The van der Waals surface area contributed by atoms with Crippen molar-refractivity contribution in [2.24, 2.45) is 0 Å². The van der Waals surface area contributed by atoms with Crippen LogP contribution in [0.5, 0.6) is 0 Å². The van der Waals surface area contributed by atoms with Gasteiger partial charge in [0.05, 0.1) is 35.8 Å². The van der Waals surface area contributed by atoms with E-state index in [-0.39, 0.29) is 29.1 Å². The summed E-state index contributed by atoms with van der Waals surface area (Å²) < 4.78 is 20.2. The number of carbonyl (C=O) groups is 2. The van der Waals surface area contributed by atoms with Crippen molar-refractivity contribution >= 4 is 49.4 Å². The fraction of sp³-hybridized carbons (Fsp3) is 0.0938. The molecule has 1 aromatic heterocycles. The van der Waals surface area contributed by atoms with Crippen LogP contribution in [0.25, 0.3) is 21.9 Å². The average molecular weight is 631 g/mol. The Bertz CT molecular complexity index is 1850. The first-order chi connectivity index (χ1) is 19.8. The summed E-state index contributed by atoms with van der Waals surface area (Å²) in [5.41, 5.74) is 2.94. The van der Waals surface area contributed by atoms with Crippen molar-refractivity contribution in [3.8, 4) is 11.1 Å². The van der Waals surface area contributed by atoms with Crippen molar-refractivity contribution in [3.63, 3.8) is 0 Å². The van der Waals surface area contributed by atoms with Crippen LogP contribution in [0, 0.1) is 0 Å². The van der Waals surface area contributed by atoms with Crippen molar-refractivity contribution in [2.45, 2.75) is 17.2 Å². The second-order valence-electron chi connectivity index (χ2n) is 9.30. The summed E-state index contributed by atoms with van der Waals surface area (Å²) in [6.07, 6.45) is 0. The third-order valence-corrected chi connectivity index (χ3v) is 8.59. The molecule has 4 aromatic carbocycles. The molecule has 0 fully saturated rings. The maximum Gasteiger partial charge on any atom is 0.355 e. The number of carbonyl (C=O) groups excluding carboxylic acids is 1. The fourth-order valence-electron chi connectivity index (χ4n) is 4.68.